The van der Waals surface area contributed by atoms with E-state index >= 15 is 0 Å². The molecule has 0 spiro atoms. The summed E-state index contributed by atoms with van der Waals surface area (Å²) in [5, 5.41) is 12.9. The summed E-state index contributed by atoms with van der Waals surface area (Å²) in [7, 11) is 0. The van der Waals surface area contributed by atoms with Crippen molar-refractivity contribution in [2.24, 2.45) is 5.84 Å². The van der Waals surface area contributed by atoms with Gasteiger partial charge in [-0.1, -0.05) is 182 Å². The molecule has 6 N–H and O–H groups in total. The van der Waals surface area contributed by atoms with Gasteiger partial charge in [-0.25, -0.2) is 10.8 Å². The minimum Gasteiger partial charge on any atom is -0.395 e. The molecule has 0 radical (unpaired) electrons. The topological polar surface area (TPSA) is 109 Å². The predicted octanol–water partition coefficient (Wildman–Crippen LogP) is 9.05. The molecule has 0 saturated carbocycles. The molecule has 7 heteroatoms. The van der Waals surface area contributed by atoms with Crippen molar-refractivity contribution in [1.29, 1.82) is 0 Å². The monoisotopic (exact) mass is 703 g/mol. The van der Waals surface area contributed by atoms with Gasteiger partial charge in [-0.3, -0.25) is 10.1 Å². The minimum atomic E-state index is -1.02. The number of nitrogen functional groups attached to an aromatic ring is 1. The van der Waals surface area contributed by atoms with Crippen molar-refractivity contribution < 1.29 is 0 Å². The predicted molar refractivity (Wildman–Crippen MR) is 219 cm³/mol. The van der Waals surface area contributed by atoms with Crippen molar-refractivity contribution in [3.63, 3.8) is 0 Å². The van der Waals surface area contributed by atoms with Crippen molar-refractivity contribution in [2.75, 3.05) is 16.1 Å². The third-order valence-corrected chi connectivity index (χ3v) is 10.2. The van der Waals surface area contributed by atoms with Crippen LogP contribution in [0.1, 0.15) is 44.5 Å². The van der Waals surface area contributed by atoms with E-state index in [1.54, 1.807) is 5.01 Å². The Balaban J connectivity index is 1.41. The molecule has 0 fully saturated rings. The number of aromatic nitrogens is 3. The Hall–Kier alpha value is -6.96. The fourth-order valence-corrected chi connectivity index (χ4v) is 7.67. The lowest BCUT2D eigenvalue weighted by Gasteiger charge is -2.44. The number of pyridine rings is 1. The third kappa shape index (κ3) is 6.16. The van der Waals surface area contributed by atoms with E-state index < -0.39 is 11.1 Å². The Morgan fingerprint density at radius 1 is 0.556 bits per heavy atom. The fourth-order valence-electron chi connectivity index (χ4n) is 7.67. The van der Waals surface area contributed by atoms with Crippen LogP contribution in [0.5, 0.6) is 0 Å². The molecule has 0 unspecified atom stereocenters. The molecule has 0 saturated heterocycles. The number of hydrogen-bond donors (Lipinski definition) is 4. The van der Waals surface area contributed by atoms with Crippen molar-refractivity contribution in [1.82, 2.24) is 15.2 Å². The smallest absolute Gasteiger partial charge is 0.170 e. The number of hydrazine groups is 1. The van der Waals surface area contributed by atoms with Crippen LogP contribution in [0, 0.1) is 0 Å². The van der Waals surface area contributed by atoms with E-state index in [9.17, 15) is 0 Å². The molecule has 264 valence electrons. The number of benzene rings is 6. The van der Waals surface area contributed by atoms with E-state index in [1.807, 2.05) is 91.3 Å². The largest absolute Gasteiger partial charge is 0.395 e. The Kier molecular flexibility index (Phi) is 9.45. The molecule has 0 bridgehead atoms. The van der Waals surface area contributed by atoms with E-state index in [-0.39, 0.29) is 0 Å². The zero-order valence-electron chi connectivity index (χ0n) is 29.8. The maximum atomic E-state index is 7.62. The highest BCUT2D eigenvalue weighted by atomic mass is 15.5. The summed E-state index contributed by atoms with van der Waals surface area (Å²) in [6.45, 7) is 0. The highest BCUT2D eigenvalue weighted by Crippen LogP contribution is 2.46. The molecule has 0 amide bonds. The van der Waals surface area contributed by atoms with Gasteiger partial charge in [-0.05, 0) is 50.6 Å². The van der Waals surface area contributed by atoms with E-state index in [2.05, 4.69) is 125 Å². The number of anilines is 3. The molecule has 54 heavy (non-hydrogen) atoms. The number of nitrogens with one attached hydrogen (secondary N) is 2. The number of aromatic amines is 1. The van der Waals surface area contributed by atoms with E-state index in [0.29, 0.717) is 23.7 Å². The SMILES string of the molecule is Nc1c(Cc2cn[nH]c2)cc(NC(c2ccccc2)(c2ccccc2)c2ccccc2)nc1N(N)C(c1ccccc1)(c1ccccc1)c1ccccc1. The number of nitrogens with zero attached hydrogens (tertiary/aromatic N) is 3. The van der Waals surface area contributed by atoms with Gasteiger partial charge in [0.25, 0.3) is 0 Å². The van der Waals surface area contributed by atoms with Gasteiger partial charge in [0.2, 0.25) is 0 Å². The number of H-pyrrole nitrogens is 1. The second-order valence-electron chi connectivity index (χ2n) is 13.3. The summed E-state index contributed by atoms with van der Waals surface area (Å²) in [4.78, 5) is 5.41. The molecular weight excluding hydrogens is 663 g/mol. The highest BCUT2D eigenvalue weighted by molar-refractivity contribution is 5.75. The Labute approximate surface area is 316 Å². The highest BCUT2D eigenvalue weighted by Gasteiger charge is 2.44. The molecule has 0 aliphatic carbocycles. The molecule has 8 aromatic rings. The van der Waals surface area contributed by atoms with Gasteiger partial charge < -0.3 is 11.1 Å². The van der Waals surface area contributed by atoms with Gasteiger partial charge >= 0.3 is 0 Å². The second kappa shape index (κ2) is 14.9. The van der Waals surface area contributed by atoms with Crippen LogP contribution in [0.3, 0.4) is 0 Å². The Morgan fingerprint density at radius 2 is 0.944 bits per heavy atom. The lowest BCUT2D eigenvalue weighted by molar-refractivity contribution is 0.566. The molecule has 6 aromatic carbocycles. The molecule has 2 heterocycles. The molecule has 0 aliphatic rings. The van der Waals surface area contributed by atoms with Gasteiger partial charge in [0.1, 0.15) is 16.9 Å². The number of hydrogen-bond acceptors (Lipinski definition) is 6. The van der Waals surface area contributed by atoms with Gasteiger partial charge in [-0.2, -0.15) is 5.10 Å². The first-order valence-corrected chi connectivity index (χ1v) is 18.0. The van der Waals surface area contributed by atoms with Crippen LogP contribution < -0.4 is 21.9 Å². The number of nitrogens with two attached hydrogens (primary N) is 2. The minimum absolute atomic E-state index is 0.429. The van der Waals surface area contributed by atoms with Crippen LogP contribution in [0.25, 0.3) is 0 Å². The maximum Gasteiger partial charge on any atom is 0.170 e. The first-order valence-electron chi connectivity index (χ1n) is 18.0. The molecule has 7 nitrogen and oxygen atoms in total. The van der Waals surface area contributed by atoms with Gasteiger partial charge in [-0.15, -0.1) is 0 Å². The zero-order chi connectivity index (χ0) is 36.8. The van der Waals surface area contributed by atoms with Crippen LogP contribution in [0.15, 0.2) is 200 Å². The van der Waals surface area contributed by atoms with Crippen LogP contribution in [0.4, 0.5) is 17.3 Å². The van der Waals surface area contributed by atoms with E-state index in [0.717, 1.165) is 44.5 Å². The first-order chi connectivity index (χ1) is 26.6. The summed E-state index contributed by atoms with van der Waals surface area (Å²) in [5.74, 6) is 8.66. The van der Waals surface area contributed by atoms with Crippen LogP contribution >= 0.6 is 0 Å². The van der Waals surface area contributed by atoms with Gasteiger partial charge in [0, 0.05) is 12.6 Å². The molecule has 0 aliphatic heterocycles. The zero-order valence-corrected chi connectivity index (χ0v) is 29.8. The lowest BCUT2D eigenvalue weighted by atomic mass is 9.76. The second-order valence-corrected chi connectivity index (χ2v) is 13.3. The lowest BCUT2D eigenvalue weighted by Crippen LogP contribution is -2.53. The van der Waals surface area contributed by atoms with Crippen molar-refractivity contribution in [2.45, 2.75) is 17.5 Å². The Morgan fingerprint density at radius 3 is 1.31 bits per heavy atom. The summed E-state index contributed by atoms with van der Waals surface area (Å²) in [5.41, 5.74) is 13.8. The standard InChI is InChI=1S/C47H41N7/c48-44-36(31-35-33-50-51-34-35)32-43(53-46(37-19-7-1-8-20-37,38-21-9-2-10-22-38)39-23-11-3-12-24-39)52-45(44)54(49)47(40-25-13-4-14-26-40,41-27-15-5-16-28-41)42-29-17-6-18-30-42/h1-30,32-34H,31,48-49H2,(H,50,51)(H,52,53). The quantitative estimate of drug-likeness (QED) is 0.0575. The summed E-state index contributed by atoms with van der Waals surface area (Å²) >= 11 is 0. The first kappa shape index (κ1) is 34.1. The van der Waals surface area contributed by atoms with Crippen LogP contribution in [-0.2, 0) is 17.5 Å². The van der Waals surface area contributed by atoms with Crippen molar-refractivity contribution in [3.8, 4) is 0 Å². The average Bonchev–Trinajstić information content (AvgIpc) is 3.77. The van der Waals surface area contributed by atoms with Gasteiger partial charge in [0.05, 0.1) is 11.9 Å². The summed E-state index contributed by atoms with van der Waals surface area (Å²) in [6.07, 6.45) is 4.21. The van der Waals surface area contributed by atoms with Crippen LogP contribution in [-0.4, -0.2) is 15.2 Å². The van der Waals surface area contributed by atoms with Gasteiger partial charge in [0.15, 0.2) is 5.82 Å². The third-order valence-electron chi connectivity index (χ3n) is 10.2. The molecule has 8 rings (SSSR count). The number of rotatable bonds is 12. The molecular formula is C47H41N7. The molecule has 2 aromatic heterocycles. The van der Waals surface area contributed by atoms with Crippen molar-refractivity contribution >= 4 is 17.3 Å². The van der Waals surface area contributed by atoms with E-state index in [4.69, 9.17) is 16.6 Å². The molecule has 0 atom stereocenters. The van der Waals surface area contributed by atoms with Crippen LogP contribution in [0.2, 0.25) is 0 Å². The maximum absolute atomic E-state index is 7.62. The normalized spacial score (nSPS) is 11.6. The average molecular weight is 704 g/mol. The summed E-state index contributed by atoms with van der Waals surface area (Å²) in [6, 6.07) is 64.4. The van der Waals surface area contributed by atoms with E-state index in [1.165, 1.54) is 0 Å². The summed E-state index contributed by atoms with van der Waals surface area (Å²) < 4.78 is 0. The fraction of sp³-hybridized carbons (Fsp3) is 0.0638. The Bertz CT molecular complexity index is 2190. The van der Waals surface area contributed by atoms with Crippen molar-refractivity contribution in [3.05, 3.63) is 245 Å².